The molecular formula is C15H21FN4O. The Kier molecular flexibility index (Phi) is 5.41. The van der Waals surface area contributed by atoms with Crippen molar-refractivity contribution in [2.24, 2.45) is 0 Å². The monoisotopic (exact) mass is 292 g/mol. The summed E-state index contributed by atoms with van der Waals surface area (Å²) in [7, 11) is 0. The van der Waals surface area contributed by atoms with Crippen molar-refractivity contribution < 1.29 is 9.50 Å². The van der Waals surface area contributed by atoms with E-state index < -0.39 is 0 Å². The number of benzene rings is 1. The van der Waals surface area contributed by atoms with Crippen molar-refractivity contribution in [3.63, 3.8) is 0 Å². The Balaban J connectivity index is 1.85. The Labute approximate surface area is 123 Å². The molecule has 21 heavy (non-hydrogen) atoms. The van der Waals surface area contributed by atoms with Crippen molar-refractivity contribution >= 4 is 0 Å². The molecule has 0 saturated carbocycles. The molecule has 1 aromatic carbocycles. The van der Waals surface area contributed by atoms with Crippen LogP contribution in [0.5, 0.6) is 0 Å². The topological polar surface area (TPSA) is 63.0 Å². The van der Waals surface area contributed by atoms with Gasteiger partial charge in [-0.3, -0.25) is 4.68 Å². The first kappa shape index (κ1) is 15.6. The third-order valence-corrected chi connectivity index (χ3v) is 3.26. The number of nitrogens with zero attached hydrogens (tertiary/aromatic N) is 3. The number of nitrogens with one attached hydrogen (secondary N) is 1. The van der Waals surface area contributed by atoms with Crippen LogP contribution in [-0.4, -0.2) is 26.7 Å². The summed E-state index contributed by atoms with van der Waals surface area (Å²) in [5, 5.41) is 20.1. The molecule has 0 bridgehead atoms. The number of aryl methyl sites for hydroxylation is 3. The maximum absolute atomic E-state index is 13.5. The lowest BCUT2D eigenvalue weighted by Gasteiger charge is -2.07. The van der Waals surface area contributed by atoms with E-state index in [4.69, 9.17) is 5.11 Å². The fraction of sp³-hybridized carbons (Fsp3) is 0.467. The van der Waals surface area contributed by atoms with Crippen LogP contribution in [0.4, 0.5) is 4.39 Å². The predicted molar refractivity (Wildman–Crippen MR) is 78.1 cm³/mol. The van der Waals surface area contributed by atoms with Crippen LogP contribution in [-0.2, 0) is 19.6 Å². The molecule has 1 heterocycles. The molecule has 2 rings (SSSR count). The minimum atomic E-state index is -0.134. The highest BCUT2D eigenvalue weighted by Crippen LogP contribution is 2.14. The second-order valence-corrected chi connectivity index (χ2v) is 5.20. The van der Waals surface area contributed by atoms with Crippen molar-refractivity contribution in [1.29, 1.82) is 0 Å². The molecule has 0 atom stereocenters. The van der Waals surface area contributed by atoms with Crippen molar-refractivity contribution in [2.45, 2.75) is 39.9 Å². The van der Waals surface area contributed by atoms with Gasteiger partial charge < -0.3 is 10.4 Å². The lowest BCUT2D eigenvalue weighted by atomic mass is 10.1. The molecule has 0 aliphatic rings. The van der Waals surface area contributed by atoms with Crippen molar-refractivity contribution in [3.05, 3.63) is 46.5 Å². The smallest absolute Gasteiger partial charge is 0.129 e. The maximum atomic E-state index is 13.5. The lowest BCUT2D eigenvalue weighted by molar-refractivity contribution is 0.276. The summed E-state index contributed by atoms with van der Waals surface area (Å²) in [6.07, 6.45) is 2.54. The molecule has 2 N–H and O–H groups in total. The van der Waals surface area contributed by atoms with Crippen molar-refractivity contribution in [3.8, 4) is 0 Å². The van der Waals surface area contributed by atoms with E-state index in [1.165, 1.54) is 0 Å². The number of hydrogen-bond acceptors (Lipinski definition) is 4. The Morgan fingerprint density at radius 3 is 2.62 bits per heavy atom. The van der Waals surface area contributed by atoms with E-state index in [1.807, 2.05) is 18.3 Å². The number of aliphatic hydroxyl groups excluding tert-OH is 1. The normalized spacial score (nSPS) is 11.0. The molecular weight excluding hydrogens is 271 g/mol. The van der Waals surface area contributed by atoms with Gasteiger partial charge in [-0.2, -0.15) is 0 Å². The van der Waals surface area contributed by atoms with E-state index in [2.05, 4.69) is 15.6 Å². The molecule has 0 fully saturated rings. The van der Waals surface area contributed by atoms with Gasteiger partial charge in [-0.05, 0) is 37.0 Å². The lowest BCUT2D eigenvalue weighted by Crippen LogP contribution is -2.13. The molecule has 5 nitrogen and oxygen atoms in total. The maximum Gasteiger partial charge on any atom is 0.129 e. The Morgan fingerprint density at radius 2 is 1.95 bits per heavy atom. The van der Waals surface area contributed by atoms with Crippen LogP contribution in [0.1, 0.15) is 28.8 Å². The zero-order valence-electron chi connectivity index (χ0n) is 12.4. The van der Waals surface area contributed by atoms with Crippen molar-refractivity contribution in [2.75, 3.05) is 6.61 Å². The first-order valence-electron chi connectivity index (χ1n) is 7.06. The fourth-order valence-electron chi connectivity index (χ4n) is 2.23. The fourth-order valence-corrected chi connectivity index (χ4v) is 2.23. The van der Waals surface area contributed by atoms with Gasteiger partial charge in [0.1, 0.15) is 5.82 Å². The molecule has 2 aromatic rings. The first-order valence-corrected chi connectivity index (χ1v) is 7.06. The average molecular weight is 292 g/mol. The van der Waals surface area contributed by atoms with Gasteiger partial charge in [-0.25, -0.2) is 4.39 Å². The summed E-state index contributed by atoms with van der Waals surface area (Å²) < 4.78 is 15.3. The van der Waals surface area contributed by atoms with Gasteiger partial charge in [0.05, 0.1) is 5.69 Å². The molecule has 0 unspecified atom stereocenters. The Bertz CT molecular complexity index is 574. The Morgan fingerprint density at radius 1 is 1.24 bits per heavy atom. The summed E-state index contributed by atoms with van der Waals surface area (Å²) >= 11 is 0. The van der Waals surface area contributed by atoms with Gasteiger partial charge in [-0.1, -0.05) is 17.3 Å². The molecule has 6 heteroatoms. The van der Waals surface area contributed by atoms with Crippen LogP contribution >= 0.6 is 0 Å². The van der Waals surface area contributed by atoms with Crippen LogP contribution < -0.4 is 5.32 Å². The van der Waals surface area contributed by atoms with E-state index in [0.29, 0.717) is 37.2 Å². The van der Waals surface area contributed by atoms with Gasteiger partial charge in [0, 0.05) is 32.4 Å². The number of halogens is 1. The number of aromatic nitrogens is 3. The van der Waals surface area contributed by atoms with Gasteiger partial charge >= 0.3 is 0 Å². The molecule has 0 radical (unpaired) electrons. The second kappa shape index (κ2) is 7.28. The number of rotatable bonds is 7. The number of hydrogen-bond donors (Lipinski definition) is 2. The molecule has 114 valence electrons. The Hall–Kier alpha value is -1.79. The third-order valence-electron chi connectivity index (χ3n) is 3.26. The zero-order valence-corrected chi connectivity index (χ0v) is 12.4. The van der Waals surface area contributed by atoms with Crippen LogP contribution in [0, 0.1) is 19.7 Å². The molecule has 0 aliphatic heterocycles. The summed E-state index contributed by atoms with van der Waals surface area (Å²) in [5.74, 6) is -0.134. The number of aliphatic hydroxyl groups is 1. The highest BCUT2D eigenvalue weighted by Gasteiger charge is 2.05. The van der Waals surface area contributed by atoms with Gasteiger partial charge in [-0.15, -0.1) is 5.10 Å². The van der Waals surface area contributed by atoms with E-state index in [-0.39, 0.29) is 12.4 Å². The summed E-state index contributed by atoms with van der Waals surface area (Å²) in [4.78, 5) is 0. The highest BCUT2D eigenvalue weighted by molar-refractivity contribution is 5.30. The average Bonchev–Trinajstić information content (AvgIpc) is 2.90. The zero-order chi connectivity index (χ0) is 15.2. The SMILES string of the molecule is Cc1cc(CNCc2cn(CCCO)nn2)cc(C)c1F. The van der Waals surface area contributed by atoms with Gasteiger partial charge in [0.15, 0.2) is 0 Å². The molecule has 0 amide bonds. The van der Waals surface area contributed by atoms with E-state index >= 15 is 0 Å². The predicted octanol–water partition coefficient (Wildman–Crippen LogP) is 1.71. The summed E-state index contributed by atoms with van der Waals surface area (Å²) in [6.45, 7) is 5.63. The van der Waals surface area contributed by atoms with E-state index in [0.717, 1.165) is 11.3 Å². The third kappa shape index (κ3) is 4.34. The van der Waals surface area contributed by atoms with Crippen LogP contribution in [0.3, 0.4) is 0 Å². The van der Waals surface area contributed by atoms with Crippen LogP contribution in [0.25, 0.3) is 0 Å². The minimum Gasteiger partial charge on any atom is -0.396 e. The molecule has 0 spiro atoms. The molecule has 1 aromatic heterocycles. The molecule has 0 aliphatic carbocycles. The first-order chi connectivity index (χ1) is 10.1. The van der Waals surface area contributed by atoms with E-state index in [1.54, 1.807) is 18.5 Å². The van der Waals surface area contributed by atoms with E-state index in [9.17, 15) is 4.39 Å². The van der Waals surface area contributed by atoms with Gasteiger partial charge in [0.25, 0.3) is 0 Å². The quantitative estimate of drug-likeness (QED) is 0.815. The standard InChI is InChI=1S/C15H21FN4O/c1-11-6-13(7-12(2)15(11)16)8-17-9-14-10-20(19-18-14)4-3-5-21/h6-7,10,17,21H,3-5,8-9H2,1-2H3. The van der Waals surface area contributed by atoms with Crippen LogP contribution in [0.2, 0.25) is 0 Å². The van der Waals surface area contributed by atoms with Gasteiger partial charge in [0.2, 0.25) is 0 Å². The second-order valence-electron chi connectivity index (χ2n) is 5.20. The highest BCUT2D eigenvalue weighted by atomic mass is 19.1. The minimum absolute atomic E-state index is 0.134. The largest absolute Gasteiger partial charge is 0.396 e. The van der Waals surface area contributed by atoms with Crippen molar-refractivity contribution in [1.82, 2.24) is 20.3 Å². The summed E-state index contributed by atoms with van der Waals surface area (Å²) in [5.41, 5.74) is 3.24. The van der Waals surface area contributed by atoms with Crippen LogP contribution in [0.15, 0.2) is 18.3 Å². The molecule has 0 saturated heterocycles. The summed E-state index contributed by atoms with van der Waals surface area (Å²) in [6, 6.07) is 3.71.